The fourth-order valence-electron chi connectivity index (χ4n) is 10.2. The summed E-state index contributed by atoms with van der Waals surface area (Å²) < 4.78 is 82.3. The molecular formula is C69H77NO14. The maximum Gasteiger partial charge on any atom is 0.408 e. The molecule has 11 atom stereocenters. The Balaban J connectivity index is 1.21. The third-order valence-corrected chi connectivity index (χ3v) is 14.3. The van der Waals surface area contributed by atoms with Gasteiger partial charge in [0.2, 0.25) is 0 Å². The molecule has 442 valence electrons. The van der Waals surface area contributed by atoms with E-state index in [-0.39, 0.29) is 52.9 Å². The van der Waals surface area contributed by atoms with Crippen molar-refractivity contribution < 1.29 is 66.4 Å². The highest BCUT2D eigenvalue weighted by atomic mass is 16.7. The van der Waals surface area contributed by atoms with Crippen LogP contribution >= 0.6 is 0 Å². The molecule has 1 saturated heterocycles. The average Bonchev–Trinajstić information content (AvgIpc) is 1.89. The predicted octanol–water partition coefficient (Wildman–Crippen LogP) is 11.7. The Morgan fingerprint density at radius 2 is 0.726 bits per heavy atom. The van der Waals surface area contributed by atoms with Crippen molar-refractivity contribution in [1.82, 2.24) is 5.32 Å². The highest BCUT2D eigenvalue weighted by Crippen LogP contribution is 2.39. The van der Waals surface area contributed by atoms with Crippen LogP contribution in [0.1, 0.15) is 66.6 Å². The standard InChI is InChI=1S/C69H77NO14/c1-48(71)74-47-57-59(75-40-49-24-12-6-13-25-49)60(76-41-50-26-14-7-15-27-50)58(70-68(72)84-69(2,3)4)67(82-57)83-66-64(80-45-54-34-22-11-23-35-54)62(78-43-52-30-18-9-19-31-52)61(77-42-51-28-16-8-17-29-51)63(79-44-53-32-20-10-21-33-53)65(66)81-46-55-36-38-56(73-5)39-37-55/h6-39,57-67H,40-47H2,1-5H3,(H,70,72)/t57-,58-,59-,60-,61?,62-,63-,64+,65-,66-,67-/m1/s1. The number of ether oxygens (including phenoxy) is 12. The maximum atomic E-state index is 14.5. The van der Waals surface area contributed by atoms with Crippen LogP contribution in [0.5, 0.6) is 5.75 Å². The molecule has 0 radical (unpaired) electrons. The van der Waals surface area contributed by atoms with E-state index in [9.17, 15) is 9.59 Å². The fraction of sp³-hybridized carbons (Fsp3) is 0.362. The zero-order valence-electron chi connectivity index (χ0n) is 48.4. The molecule has 7 aromatic carbocycles. The van der Waals surface area contributed by atoms with E-state index in [0.717, 1.165) is 38.9 Å². The van der Waals surface area contributed by atoms with Gasteiger partial charge < -0.3 is 62.2 Å². The zero-order valence-corrected chi connectivity index (χ0v) is 48.4. The first-order valence-corrected chi connectivity index (χ1v) is 28.6. The van der Waals surface area contributed by atoms with Crippen LogP contribution in [-0.4, -0.2) is 98.6 Å². The quantitative estimate of drug-likeness (QED) is 0.0485. The Bertz CT molecular complexity index is 3010. The third kappa shape index (κ3) is 18.1. The van der Waals surface area contributed by atoms with Crippen LogP contribution in [0.3, 0.4) is 0 Å². The molecule has 1 N–H and O–H groups in total. The number of rotatable bonds is 27. The second-order valence-electron chi connectivity index (χ2n) is 21.8. The SMILES string of the molecule is COc1ccc(CO[C@H]2[C@H](O[C@H]3O[C@H](COC(C)=O)[C@@H](OCc4ccccc4)[C@H](OCc4ccccc4)[C@H]3NC(=O)OC(C)(C)C)[C@@H](OCc3ccccc3)[C@H](OCc3ccccc3)C(OCc3ccccc3)[C@H]2OCc2ccccc2)cc1. The van der Waals surface area contributed by atoms with Crippen LogP contribution in [0.2, 0.25) is 0 Å². The molecule has 1 unspecified atom stereocenters. The van der Waals surface area contributed by atoms with E-state index in [0.29, 0.717) is 5.75 Å². The number of esters is 1. The molecule has 0 spiro atoms. The summed E-state index contributed by atoms with van der Waals surface area (Å²) in [6, 6.07) is 65.3. The molecule has 1 saturated carbocycles. The second-order valence-corrected chi connectivity index (χ2v) is 21.8. The summed E-state index contributed by atoms with van der Waals surface area (Å²) in [4.78, 5) is 27.4. The third-order valence-electron chi connectivity index (χ3n) is 14.3. The van der Waals surface area contributed by atoms with E-state index < -0.39 is 84.9 Å². The van der Waals surface area contributed by atoms with E-state index in [1.807, 2.05) is 206 Å². The summed E-state index contributed by atoms with van der Waals surface area (Å²) in [5, 5.41) is 3.13. The Kier molecular flexibility index (Phi) is 22.6. The molecule has 84 heavy (non-hydrogen) atoms. The van der Waals surface area contributed by atoms with Crippen molar-refractivity contribution in [1.29, 1.82) is 0 Å². The first-order valence-electron chi connectivity index (χ1n) is 28.6. The van der Waals surface area contributed by atoms with Crippen LogP contribution in [0.25, 0.3) is 0 Å². The van der Waals surface area contributed by atoms with Crippen molar-refractivity contribution in [3.63, 3.8) is 0 Å². The van der Waals surface area contributed by atoms with Gasteiger partial charge >= 0.3 is 12.1 Å². The molecular weight excluding hydrogens is 1070 g/mol. The summed E-state index contributed by atoms with van der Waals surface area (Å²) in [6.07, 6.45) is -11.3. The normalized spacial score (nSPS) is 23.3. The highest BCUT2D eigenvalue weighted by Gasteiger charge is 2.58. The van der Waals surface area contributed by atoms with Crippen molar-refractivity contribution in [3.05, 3.63) is 245 Å². The van der Waals surface area contributed by atoms with Gasteiger partial charge in [0.05, 0.1) is 53.4 Å². The van der Waals surface area contributed by atoms with Crippen LogP contribution in [-0.2, 0) is 103 Å². The number of alkyl carbamates (subject to hydrolysis) is 1. The minimum Gasteiger partial charge on any atom is -0.497 e. The maximum absolute atomic E-state index is 14.5. The molecule has 15 heteroatoms. The second kappa shape index (κ2) is 31.0. The Morgan fingerprint density at radius 3 is 1.05 bits per heavy atom. The lowest BCUT2D eigenvalue weighted by Crippen LogP contribution is -2.71. The Morgan fingerprint density at radius 1 is 0.417 bits per heavy atom. The number of methoxy groups -OCH3 is 1. The molecule has 1 amide bonds. The lowest BCUT2D eigenvalue weighted by molar-refractivity contribution is -0.344. The van der Waals surface area contributed by atoms with Gasteiger partial charge in [-0.15, -0.1) is 0 Å². The molecule has 0 bridgehead atoms. The van der Waals surface area contributed by atoms with Crippen molar-refractivity contribution in [2.24, 2.45) is 0 Å². The molecule has 1 aliphatic heterocycles. The monoisotopic (exact) mass is 1140 g/mol. The first-order chi connectivity index (χ1) is 41.0. The summed E-state index contributed by atoms with van der Waals surface area (Å²) in [5.74, 6) is 0.140. The minimum absolute atomic E-state index is 0.0739. The van der Waals surface area contributed by atoms with Gasteiger partial charge in [-0.05, 0) is 71.8 Å². The zero-order chi connectivity index (χ0) is 58.5. The van der Waals surface area contributed by atoms with Crippen LogP contribution in [0.4, 0.5) is 4.79 Å². The van der Waals surface area contributed by atoms with Gasteiger partial charge in [-0.1, -0.05) is 194 Å². The topological polar surface area (TPSA) is 157 Å². The summed E-state index contributed by atoms with van der Waals surface area (Å²) in [7, 11) is 1.62. The molecule has 15 nitrogen and oxygen atoms in total. The van der Waals surface area contributed by atoms with E-state index in [1.54, 1.807) is 27.9 Å². The number of benzene rings is 7. The highest BCUT2D eigenvalue weighted by molar-refractivity contribution is 5.68. The number of hydrogen-bond donors (Lipinski definition) is 1. The van der Waals surface area contributed by atoms with E-state index >= 15 is 0 Å². The smallest absolute Gasteiger partial charge is 0.408 e. The summed E-state index contributed by atoms with van der Waals surface area (Å²) >= 11 is 0. The number of nitrogens with one attached hydrogen (secondary N) is 1. The summed E-state index contributed by atoms with van der Waals surface area (Å²) in [5.41, 5.74) is 5.24. The van der Waals surface area contributed by atoms with Crippen molar-refractivity contribution in [2.45, 2.75) is 147 Å². The van der Waals surface area contributed by atoms with E-state index in [4.69, 9.17) is 56.8 Å². The molecule has 2 fully saturated rings. The van der Waals surface area contributed by atoms with Crippen LogP contribution in [0, 0.1) is 0 Å². The van der Waals surface area contributed by atoms with Gasteiger partial charge in [0.15, 0.2) is 6.29 Å². The largest absolute Gasteiger partial charge is 0.497 e. The molecule has 0 aromatic heterocycles. The molecule has 1 aliphatic carbocycles. The van der Waals surface area contributed by atoms with Crippen molar-refractivity contribution >= 4 is 12.1 Å². The van der Waals surface area contributed by atoms with Gasteiger partial charge in [-0.3, -0.25) is 4.79 Å². The summed E-state index contributed by atoms with van der Waals surface area (Å²) in [6.45, 7) is 7.28. The number of hydrogen-bond acceptors (Lipinski definition) is 14. The molecule has 2 aliphatic rings. The lowest BCUT2D eigenvalue weighted by atomic mass is 9.83. The minimum atomic E-state index is -1.43. The van der Waals surface area contributed by atoms with Crippen molar-refractivity contribution in [3.8, 4) is 5.75 Å². The van der Waals surface area contributed by atoms with Crippen LogP contribution < -0.4 is 10.1 Å². The number of carbonyl (C=O) groups excluding carboxylic acids is 2. The molecule has 1 heterocycles. The first kappa shape index (κ1) is 61.3. The van der Waals surface area contributed by atoms with E-state index in [2.05, 4.69) is 5.32 Å². The predicted molar refractivity (Wildman–Crippen MR) is 315 cm³/mol. The van der Waals surface area contributed by atoms with Crippen LogP contribution in [0.15, 0.2) is 206 Å². The molecule has 7 aromatic rings. The fourth-order valence-corrected chi connectivity index (χ4v) is 10.2. The number of amides is 1. The van der Waals surface area contributed by atoms with E-state index in [1.165, 1.54) is 6.92 Å². The van der Waals surface area contributed by atoms with Crippen molar-refractivity contribution in [2.75, 3.05) is 13.7 Å². The van der Waals surface area contributed by atoms with Gasteiger partial charge in [-0.2, -0.15) is 0 Å². The van der Waals surface area contributed by atoms with Gasteiger partial charge in [0.1, 0.15) is 78.9 Å². The molecule has 9 rings (SSSR count). The van der Waals surface area contributed by atoms with Gasteiger partial charge in [0.25, 0.3) is 0 Å². The Labute approximate surface area is 493 Å². The van der Waals surface area contributed by atoms with Gasteiger partial charge in [0, 0.05) is 6.92 Å². The lowest BCUT2D eigenvalue weighted by Gasteiger charge is -2.52. The Hall–Kier alpha value is -7.28. The average molecular weight is 1140 g/mol. The van der Waals surface area contributed by atoms with Gasteiger partial charge in [-0.25, -0.2) is 4.79 Å². The number of carbonyl (C=O) groups is 2.